The van der Waals surface area contributed by atoms with Gasteiger partial charge in [0, 0.05) is 11.9 Å². The van der Waals surface area contributed by atoms with Gasteiger partial charge in [0.25, 0.3) is 0 Å². The van der Waals surface area contributed by atoms with Crippen LogP contribution in [0.1, 0.15) is 4.88 Å². The van der Waals surface area contributed by atoms with E-state index in [0.29, 0.717) is 6.54 Å². The molecule has 1 aromatic heterocycles. The summed E-state index contributed by atoms with van der Waals surface area (Å²) >= 11 is 4.96. The molecule has 1 saturated heterocycles. The number of hydrogen-bond acceptors (Lipinski definition) is 3. The van der Waals surface area contributed by atoms with Crippen molar-refractivity contribution in [3.63, 3.8) is 0 Å². The number of piperazine rings is 1. The van der Waals surface area contributed by atoms with Gasteiger partial charge in [0.05, 0.1) is 16.9 Å². The fourth-order valence-corrected chi connectivity index (χ4v) is 3.03. The average molecular weight is 303 g/mol. The third kappa shape index (κ3) is 2.44. The summed E-state index contributed by atoms with van der Waals surface area (Å²) in [6.45, 7) is 0.894. The SMILES string of the molecule is CN1CC(=O)N(Cc2ccc(Br)s2)CC1=O. The molecular formula is C10H11BrN2O2S. The van der Waals surface area contributed by atoms with Crippen LogP contribution >= 0.6 is 27.3 Å². The van der Waals surface area contributed by atoms with E-state index in [1.54, 1.807) is 23.3 Å². The van der Waals surface area contributed by atoms with E-state index in [0.717, 1.165) is 8.66 Å². The van der Waals surface area contributed by atoms with E-state index in [2.05, 4.69) is 15.9 Å². The van der Waals surface area contributed by atoms with E-state index in [-0.39, 0.29) is 24.9 Å². The van der Waals surface area contributed by atoms with Crippen molar-refractivity contribution in [3.05, 3.63) is 20.8 Å². The summed E-state index contributed by atoms with van der Waals surface area (Å²) in [7, 11) is 1.65. The third-order valence-electron chi connectivity index (χ3n) is 2.45. The molecule has 0 spiro atoms. The second-order valence-electron chi connectivity index (χ2n) is 3.71. The van der Waals surface area contributed by atoms with Gasteiger partial charge < -0.3 is 9.80 Å². The van der Waals surface area contributed by atoms with Gasteiger partial charge in [-0.1, -0.05) is 0 Å². The largest absolute Gasteiger partial charge is 0.335 e. The molecule has 0 aliphatic carbocycles. The first-order chi connectivity index (χ1) is 7.56. The summed E-state index contributed by atoms with van der Waals surface area (Å²) in [6.07, 6.45) is 0. The van der Waals surface area contributed by atoms with E-state index in [1.807, 2.05) is 12.1 Å². The Hall–Kier alpha value is -0.880. The lowest BCUT2D eigenvalue weighted by Crippen LogP contribution is -2.51. The minimum absolute atomic E-state index is 0.00442. The molecular weight excluding hydrogens is 292 g/mol. The predicted octanol–water partition coefficient (Wildman–Crippen LogP) is 1.31. The van der Waals surface area contributed by atoms with Crippen molar-refractivity contribution in [3.8, 4) is 0 Å². The first kappa shape index (κ1) is 11.6. The number of hydrogen-bond donors (Lipinski definition) is 0. The molecule has 6 heteroatoms. The molecule has 16 heavy (non-hydrogen) atoms. The van der Waals surface area contributed by atoms with Crippen LogP contribution in [0.4, 0.5) is 0 Å². The van der Waals surface area contributed by atoms with Crippen molar-refractivity contribution in [2.24, 2.45) is 0 Å². The van der Waals surface area contributed by atoms with Crippen molar-refractivity contribution < 1.29 is 9.59 Å². The molecule has 0 aromatic carbocycles. The second-order valence-corrected chi connectivity index (χ2v) is 6.25. The quantitative estimate of drug-likeness (QED) is 0.826. The highest BCUT2D eigenvalue weighted by atomic mass is 79.9. The Balaban J connectivity index is 2.05. The zero-order chi connectivity index (χ0) is 11.7. The molecule has 1 fully saturated rings. The lowest BCUT2D eigenvalue weighted by atomic mass is 10.3. The van der Waals surface area contributed by atoms with E-state index in [1.165, 1.54) is 4.90 Å². The van der Waals surface area contributed by atoms with Gasteiger partial charge in [0.1, 0.15) is 6.54 Å². The van der Waals surface area contributed by atoms with Gasteiger partial charge in [0.15, 0.2) is 0 Å². The molecule has 0 N–H and O–H groups in total. The Bertz CT molecular complexity index is 432. The highest BCUT2D eigenvalue weighted by molar-refractivity contribution is 9.11. The summed E-state index contributed by atoms with van der Waals surface area (Å²) in [6, 6.07) is 3.91. The van der Waals surface area contributed by atoms with E-state index >= 15 is 0 Å². The molecule has 1 aliphatic rings. The highest BCUT2D eigenvalue weighted by Gasteiger charge is 2.27. The first-order valence-corrected chi connectivity index (χ1v) is 6.43. The monoisotopic (exact) mass is 302 g/mol. The number of thiophene rings is 1. The zero-order valence-corrected chi connectivity index (χ0v) is 11.2. The number of amides is 2. The maximum absolute atomic E-state index is 11.7. The fourth-order valence-electron chi connectivity index (χ4n) is 1.53. The van der Waals surface area contributed by atoms with Gasteiger partial charge in [0.2, 0.25) is 11.8 Å². The topological polar surface area (TPSA) is 40.6 Å². The summed E-state index contributed by atoms with van der Waals surface area (Å²) in [4.78, 5) is 27.3. The van der Waals surface area contributed by atoms with Crippen molar-refractivity contribution in [2.75, 3.05) is 20.1 Å². The Morgan fingerprint density at radius 2 is 2.06 bits per heavy atom. The van der Waals surface area contributed by atoms with E-state index in [4.69, 9.17) is 0 Å². The van der Waals surface area contributed by atoms with Gasteiger partial charge >= 0.3 is 0 Å². The number of carbonyl (C=O) groups is 2. The molecule has 0 bridgehead atoms. The number of nitrogens with zero attached hydrogens (tertiary/aromatic N) is 2. The lowest BCUT2D eigenvalue weighted by molar-refractivity contribution is -0.149. The lowest BCUT2D eigenvalue weighted by Gasteiger charge is -2.31. The summed E-state index contributed by atoms with van der Waals surface area (Å²) < 4.78 is 1.04. The van der Waals surface area contributed by atoms with Crippen LogP contribution in [0.3, 0.4) is 0 Å². The minimum atomic E-state index is -0.00442. The molecule has 0 unspecified atom stereocenters. The van der Waals surface area contributed by atoms with Crippen LogP contribution in [-0.4, -0.2) is 41.8 Å². The molecule has 4 nitrogen and oxygen atoms in total. The van der Waals surface area contributed by atoms with Crippen LogP contribution in [0.2, 0.25) is 0 Å². The third-order valence-corrected chi connectivity index (χ3v) is 4.06. The van der Waals surface area contributed by atoms with Gasteiger partial charge in [-0.05, 0) is 28.1 Å². The number of likely N-dealkylation sites (N-methyl/N-ethyl adjacent to an activating group) is 1. The maximum atomic E-state index is 11.7. The van der Waals surface area contributed by atoms with Crippen LogP contribution in [0, 0.1) is 0 Å². The Labute approximate surface area is 106 Å². The molecule has 0 saturated carbocycles. The van der Waals surface area contributed by atoms with Crippen molar-refractivity contribution in [1.29, 1.82) is 0 Å². The van der Waals surface area contributed by atoms with Gasteiger partial charge in [-0.3, -0.25) is 9.59 Å². The van der Waals surface area contributed by atoms with E-state index < -0.39 is 0 Å². The molecule has 2 amide bonds. The Morgan fingerprint density at radius 3 is 2.69 bits per heavy atom. The highest BCUT2D eigenvalue weighted by Crippen LogP contribution is 2.23. The van der Waals surface area contributed by atoms with Crippen molar-refractivity contribution >= 4 is 39.1 Å². The standard InChI is InChI=1S/C10H11BrN2O2S/c1-12-5-10(15)13(6-9(12)14)4-7-2-3-8(11)16-7/h2-3H,4-6H2,1H3. The number of halogens is 1. The summed E-state index contributed by atoms with van der Waals surface area (Å²) in [5.74, 6) is 0.00171. The van der Waals surface area contributed by atoms with Crippen LogP contribution in [-0.2, 0) is 16.1 Å². The summed E-state index contributed by atoms with van der Waals surface area (Å²) in [5, 5.41) is 0. The first-order valence-electron chi connectivity index (χ1n) is 4.82. The molecule has 0 atom stereocenters. The maximum Gasteiger partial charge on any atom is 0.242 e. The zero-order valence-electron chi connectivity index (χ0n) is 8.77. The molecule has 2 heterocycles. The van der Waals surface area contributed by atoms with Crippen LogP contribution < -0.4 is 0 Å². The van der Waals surface area contributed by atoms with Crippen molar-refractivity contribution in [1.82, 2.24) is 9.80 Å². The Morgan fingerprint density at radius 1 is 1.31 bits per heavy atom. The summed E-state index contributed by atoms with van der Waals surface area (Å²) in [5.41, 5.74) is 0. The van der Waals surface area contributed by atoms with E-state index in [9.17, 15) is 9.59 Å². The van der Waals surface area contributed by atoms with Crippen LogP contribution in [0.5, 0.6) is 0 Å². The van der Waals surface area contributed by atoms with Gasteiger partial charge in [-0.25, -0.2) is 0 Å². The fraction of sp³-hybridized carbons (Fsp3) is 0.400. The Kier molecular flexibility index (Phi) is 3.30. The number of rotatable bonds is 2. The molecule has 1 aliphatic heterocycles. The van der Waals surface area contributed by atoms with Gasteiger partial charge in [-0.15, -0.1) is 11.3 Å². The average Bonchev–Trinajstić information content (AvgIpc) is 2.60. The molecule has 1 aromatic rings. The van der Waals surface area contributed by atoms with Crippen molar-refractivity contribution in [2.45, 2.75) is 6.54 Å². The van der Waals surface area contributed by atoms with Crippen LogP contribution in [0.15, 0.2) is 15.9 Å². The molecule has 2 rings (SSSR count). The number of carbonyl (C=O) groups excluding carboxylic acids is 2. The van der Waals surface area contributed by atoms with Gasteiger partial charge in [-0.2, -0.15) is 0 Å². The molecule has 0 radical (unpaired) electrons. The smallest absolute Gasteiger partial charge is 0.242 e. The molecule has 86 valence electrons. The minimum Gasteiger partial charge on any atom is -0.335 e. The van der Waals surface area contributed by atoms with Crippen LogP contribution in [0.25, 0.3) is 0 Å². The predicted molar refractivity (Wildman–Crippen MR) is 65.1 cm³/mol. The normalized spacial score (nSPS) is 17.1. The second kappa shape index (κ2) is 4.55.